The minimum atomic E-state index is 0.0278. The maximum atomic E-state index is 12.7. The first-order chi connectivity index (χ1) is 17.9. The molecular weight excluding hydrogens is 488 g/mol. The van der Waals surface area contributed by atoms with Crippen molar-refractivity contribution in [3.05, 3.63) is 58.9 Å². The number of aromatic nitrogens is 2. The molecule has 0 aliphatic heterocycles. The molecule has 1 heterocycles. The first kappa shape index (κ1) is 29.0. The Morgan fingerprint density at radius 3 is 2.78 bits per heavy atom. The Kier molecular flexibility index (Phi) is 11.7. The van der Waals surface area contributed by atoms with Crippen molar-refractivity contribution in [3.8, 4) is 5.75 Å². The fourth-order valence-electron chi connectivity index (χ4n) is 4.36. The standard InChI is InChI=1S/C29H41ClN4O3/c1-5-13-34-27-18-24(30)10-11-26(27)33-28(34)19-32-29(35)16-21(3)15-23-8-7-9-25(17-23)37-20-22(4)31-12-14-36-6-2/h7-11,17-18,21-22,31H,5-6,12-16,19-20H2,1-4H3,(H,32,35). The van der Waals surface area contributed by atoms with Crippen molar-refractivity contribution >= 4 is 28.5 Å². The quantitative estimate of drug-likeness (QED) is 0.244. The van der Waals surface area contributed by atoms with Gasteiger partial charge in [-0.15, -0.1) is 0 Å². The van der Waals surface area contributed by atoms with Gasteiger partial charge >= 0.3 is 0 Å². The van der Waals surface area contributed by atoms with Gasteiger partial charge in [0.25, 0.3) is 0 Å². The number of nitrogens with one attached hydrogen (secondary N) is 2. The van der Waals surface area contributed by atoms with Crippen LogP contribution in [0.5, 0.6) is 5.75 Å². The molecule has 2 aromatic carbocycles. The average molecular weight is 529 g/mol. The summed E-state index contributed by atoms with van der Waals surface area (Å²) in [4.78, 5) is 17.4. The minimum Gasteiger partial charge on any atom is -0.492 e. The molecule has 3 aromatic rings. The van der Waals surface area contributed by atoms with Crippen molar-refractivity contribution in [2.24, 2.45) is 5.92 Å². The molecule has 202 valence electrons. The number of aryl methyl sites for hydroxylation is 1. The van der Waals surface area contributed by atoms with Crippen LogP contribution in [0.25, 0.3) is 11.0 Å². The SMILES string of the molecule is CCCn1c(CNC(=O)CC(C)Cc2cccc(OCC(C)NCCOCC)c2)nc2ccc(Cl)cc21. The van der Waals surface area contributed by atoms with Gasteiger partial charge in [0.1, 0.15) is 18.2 Å². The van der Waals surface area contributed by atoms with Crippen LogP contribution in [0.2, 0.25) is 5.02 Å². The Morgan fingerprint density at radius 2 is 2.00 bits per heavy atom. The third-order valence-electron chi connectivity index (χ3n) is 6.14. The van der Waals surface area contributed by atoms with Gasteiger partial charge in [-0.3, -0.25) is 4.79 Å². The lowest BCUT2D eigenvalue weighted by Gasteiger charge is -2.16. The number of hydrogen-bond acceptors (Lipinski definition) is 5. The summed E-state index contributed by atoms with van der Waals surface area (Å²) in [7, 11) is 0. The van der Waals surface area contributed by atoms with E-state index < -0.39 is 0 Å². The van der Waals surface area contributed by atoms with Gasteiger partial charge in [0.15, 0.2) is 0 Å². The number of fused-ring (bicyclic) bond motifs is 1. The van der Waals surface area contributed by atoms with E-state index in [4.69, 9.17) is 26.1 Å². The summed E-state index contributed by atoms with van der Waals surface area (Å²) in [6, 6.07) is 14.1. The highest BCUT2D eigenvalue weighted by atomic mass is 35.5. The average Bonchev–Trinajstić information content (AvgIpc) is 3.21. The van der Waals surface area contributed by atoms with E-state index >= 15 is 0 Å². The molecule has 1 amide bonds. The topological polar surface area (TPSA) is 77.4 Å². The number of amides is 1. The number of benzene rings is 2. The predicted molar refractivity (Wildman–Crippen MR) is 150 cm³/mol. The molecule has 7 nitrogen and oxygen atoms in total. The van der Waals surface area contributed by atoms with Crippen molar-refractivity contribution in [2.75, 3.05) is 26.4 Å². The first-order valence-electron chi connectivity index (χ1n) is 13.3. The summed E-state index contributed by atoms with van der Waals surface area (Å²) >= 11 is 6.19. The second-order valence-electron chi connectivity index (χ2n) is 9.61. The highest BCUT2D eigenvalue weighted by Gasteiger charge is 2.14. The summed E-state index contributed by atoms with van der Waals surface area (Å²) in [6.45, 7) is 12.4. The van der Waals surface area contributed by atoms with Crippen LogP contribution in [0.1, 0.15) is 51.9 Å². The normalized spacial score (nSPS) is 13.0. The lowest BCUT2D eigenvalue weighted by atomic mass is 9.97. The molecule has 37 heavy (non-hydrogen) atoms. The van der Waals surface area contributed by atoms with E-state index in [9.17, 15) is 4.79 Å². The van der Waals surface area contributed by atoms with Gasteiger partial charge in [-0.05, 0) is 68.5 Å². The third kappa shape index (κ3) is 9.33. The third-order valence-corrected chi connectivity index (χ3v) is 6.38. The number of rotatable bonds is 16. The molecule has 0 fully saturated rings. The summed E-state index contributed by atoms with van der Waals surface area (Å²) in [6.07, 6.45) is 2.23. The van der Waals surface area contributed by atoms with Crippen LogP contribution >= 0.6 is 11.6 Å². The molecule has 0 radical (unpaired) electrons. The van der Waals surface area contributed by atoms with Crippen molar-refractivity contribution in [3.63, 3.8) is 0 Å². The largest absolute Gasteiger partial charge is 0.492 e. The maximum absolute atomic E-state index is 12.7. The number of hydrogen-bond donors (Lipinski definition) is 2. The highest BCUT2D eigenvalue weighted by Crippen LogP contribution is 2.22. The van der Waals surface area contributed by atoms with Crippen molar-refractivity contribution in [1.82, 2.24) is 20.2 Å². The van der Waals surface area contributed by atoms with Crippen LogP contribution in [-0.2, 0) is 29.0 Å². The van der Waals surface area contributed by atoms with Crippen LogP contribution in [0.15, 0.2) is 42.5 Å². The predicted octanol–water partition coefficient (Wildman–Crippen LogP) is 5.38. The van der Waals surface area contributed by atoms with E-state index in [1.54, 1.807) is 0 Å². The molecule has 0 aliphatic rings. The van der Waals surface area contributed by atoms with E-state index in [1.165, 1.54) is 0 Å². The number of imidazole rings is 1. The Bertz CT molecular complexity index is 1130. The summed E-state index contributed by atoms with van der Waals surface area (Å²) in [5, 5.41) is 7.14. The molecule has 2 atom stereocenters. The zero-order valence-electron chi connectivity index (χ0n) is 22.6. The Morgan fingerprint density at radius 1 is 1.16 bits per heavy atom. The van der Waals surface area contributed by atoms with Gasteiger partial charge in [-0.1, -0.05) is 37.6 Å². The number of carbonyl (C=O) groups excluding carboxylic acids is 1. The smallest absolute Gasteiger partial charge is 0.220 e. The molecule has 0 spiro atoms. The van der Waals surface area contributed by atoms with Crippen LogP contribution < -0.4 is 15.4 Å². The van der Waals surface area contributed by atoms with Gasteiger partial charge in [0, 0.05) is 37.2 Å². The van der Waals surface area contributed by atoms with Crippen molar-refractivity contribution in [1.29, 1.82) is 0 Å². The van der Waals surface area contributed by atoms with Crippen molar-refractivity contribution < 1.29 is 14.3 Å². The molecule has 1 aromatic heterocycles. The molecule has 0 bridgehead atoms. The van der Waals surface area contributed by atoms with E-state index in [2.05, 4.69) is 48.1 Å². The monoisotopic (exact) mass is 528 g/mol. The second-order valence-corrected chi connectivity index (χ2v) is 10.0. The fraction of sp³-hybridized carbons (Fsp3) is 0.517. The fourth-order valence-corrected chi connectivity index (χ4v) is 4.53. The van der Waals surface area contributed by atoms with E-state index in [1.807, 2.05) is 37.3 Å². The Labute approximate surface area is 225 Å². The maximum Gasteiger partial charge on any atom is 0.220 e. The summed E-state index contributed by atoms with van der Waals surface area (Å²) < 4.78 is 13.5. The molecule has 0 saturated heterocycles. The van der Waals surface area contributed by atoms with Gasteiger partial charge in [-0.2, -0.15) is 0 Å². The molecule has 3 rings (SSSR count). The Balaban J connectivity index is 1.47. The molecule has 0 saturated carbocycles. The van der Waals surface area contributed by atoms with Crippen LogP contribution in [0, 0.1) is 5.92 Å². The highest BCUT2D eigenvalue weighted by molar-refractivity contribution is 6.31. The van der Waals surface area contributed by atoms with Gasteiger partial charge < -0.3 is 24.7 Å². The first-order valence-corrected chi connectivity index (χ1v) is 13.7. The zero-order chi connectivity index (χ0) is 26.6. The minimum absolute atomic E-state index is 0.0278. The molecule has 8 heteroatoms. The molecule has 2 unspecified atom stereocenters. The lowest BCUT2D eigenvalue weighted by Crippen LogP contribution is -2.34. The number of ether oxygens (including phenoxy) is 2. The van der Waals surface area contributed by atoms with E-state index in [0.717, 1.165) is 60.7 Å². The number of nitrogens with zero attached hydrogens (tertiary/aromatic N) is 2. The van der Waals surface area contributed by atoms with Crippen LogP contribution in [-0.4, -0.2) is 47.9 Å². The van der Waals surface area contributed by atoms with Crippen LogP contribution in [0.3, 0.4) is 0 Å². The van der Waals surface area contributed by atoms with Gasteiger partial charge in [0.2, 0.25) is 5.91 Å². The Hall–Kier alpha value is -2.61. The summed E-state index contributed by atoms with van der Waals surface area (Å²) in [5.74, 6) is 1.93. The number of halogens is 1. The van der Waals surface area contributed by atoms with E-state index in [0.29, 0.717) is 31.2 Å². The molecule has 0 aliphatic carbocycles. The summed E-state index contributed by atoms with van der Waals surface area (Å²) in [5.41, 5.74) is 3.06. The lowest BCUT2D eigenvalue weighted by molar-refractivity contribution is -0.122. The second kappa shape index (κ2) is 15.0. The molecule has 2 N–H and O–H groups in total. The number of carbonyl (C=O) groups is 1. The zero-order valence-corrected chi connectivity index (χ0v) is 23.3. The van der Waals surface area contributed by atoms with Crippen molar-refractivity contribution in [2.45, 2.75) is 66.1 Å². The van der Waals surface area contributed by atoms with Gasteiger partial charge in [0.05, 0.1) is 24.2 Å². The van der Waals surface area contributed by atoms with Gasteiger partial charge in [-0.25, -0.2) is 4.98 Å². The molecular formula is C29H41ClN4O3. The van der Waals surface area contributed by atoms with E-state index in [-0.39, 0.29) is 17.9 Å². The van der Waals surface area contributed by atoms with Crippen LogP contribution in [0.4, 0.5) is 0 Å².